The van der Waals surface area contributed by atoms with Crippen molar-refractivity contribution in [2.24, 2.45) is 0 Å². The molecule has 3 aromatic rings. The number of nitrogens with zero attached hydrogens (tertiary/aromatic N) is 3. The average molecular weight is 360 g/mol. The normalized spacial score (nSPS) is 13.8. The number of imidazole rings is 1. The first-order valence-electron chi connectivity index (χ1n) is 9.44. The predicted molar refractivity (Wildman–Crippen MR) is 106 cm³/mol. The minimum atomic E-state index is -0.0288. The second kappa shape index (κ2) is 6.99. The Labute approximate surface area is 159 Å². The number of carbonyl (C=O) groups excluding carboxylic acids is 1. The lowest BCUT2D eigenvalue weighted by Crippen LogP contribution is -2.25. The van der Waals surface area contributed by atoms with E-state index in [1.807, 2.05) is 43.6 Å². The molecule has 1 aliphatic carbocycles. The first kappa shape index (κ1) is 17.5. The van der Waals surface area contributed by atoms with Gasteiger partial charge in [-0.1, -0.05) is 19.9 Å². The lowest BCUT2D eigenvalue weighted by atomic mass is 10.0. The number of carbonyl (C=O) groups is 1. The summed E-state index contributed by atoms with van der Waals surface area (Å²) in [5, 5.41) is 3.08. The molecule has 138 valence electrons. The monoisotopic (exact) mass is 360 g/mol. The van der Waals surface area contributed by atoms with E-state index >= 15 is 0 Å². The first-order valence-corrected chi connectivity index (χ1v) is 9.44. The maximum absolute atomic E-state index is 12.7. The van der Waals surface area contributed by atoms with Gasteiger partial charge in [0.25, 0.3) is 5.91 Å². The molecule has 2 heterocycles. The minimum Gasteiger partial charge on any atom is -0.349 e. The SMILES string of the molecule is Cc1ccc(-c2cc(C(=O)NC3CC3)cc(-n3ccnc3C(C)C)c2)nc1. The molecule has 1 aromatic carbocycles. The van der Waals surface area contributed by atoms with Crippen LogP contribution in [0.3, 0.4) is 0 Å². The van der Waals surface area contributed by atoms with Gasteiger partial charge >= 0.3 is 0 Å². The largest absolute Gasteiger partial charge is 0.349 e. The summed E-state index contributed by atoms with van der Waals surface area (Å²) < 4.78 is 2.05. The molecule has 27 heavy (non-hydrogen) atoms. The van der Waals surface area contributed by atoms with Crippen LogP contribution in [0.1, 0.15) is 54.4 Å². The molecule has 0 unspecified atom stereocenters. The summed E-state index contributed by atoms with van der Waals surface area (Å²) in [4.78, 5) is 21.7. The van der Waals surface area contributed by atoms with Crippen molar-refractivity contribution >= 4 is 5.91 Å². The van der Waals surface area contributed by atoms with Gasteiger partial charge < -0.3 is 9.88 Å². The fourth-order valence-corrected chi connectivity index (χ4v) is 3.12. The van der Waals surface area contributed by atoms with E-state index in [0.29, 0.717) is 11.6 Å². The fraction of sp³-hybridized carbons (Fsp3) is 0.318. The van der Waals surface area contributed by atoms with E-state index in [4.69, 9.17) is 0 Å². The van der Waals surface area contributed by atoms with Gasteiger partial charge in [0.15, 0.2) is 0 Å². The summed E-state index contributed by atoms with van der Waals surface area (Å²) >= 11 is 0. The van der Waals surface area contributed by atoms with E-state index in [1.54, 1.807) is 6.20 Å². The molecule has 1 saturated carbocycles. The summed E-state index contributed by atoms with van der Waals surface area (Å²) in [6.45, 7) is 6.25. The number of aryl methyl sites for hydroxylation is 1. The van der Waals surface area contributed by atoms with Crippen molar-refractivity contribution in [3.63, 3.8) is 0 Å². The maximum Gasteiger partial charge on any atom is 0.251 e. The van der Waals surface area contributed by atoms with E-state index in [0.717, 1.165) is 41.2 Å². The molecule has 2 aromatic heterocycles. The Bertz CT molecular complexity index is 968. The van der Waals surface area contributed by atoms with Crippen LogP contribution in [0.4, 0.5) is 0 Å². The van der Waals surface area contributed by atoms with Crippen molar-refractivity contribution in [2.75, 3.05) is 0 Å². The van der Waals surface area contributed by atoms with E-state index in [2.05, 4.69) is 39.8 Å². The van der Waals surface area contributed by atoms with Crippen LogP contribution in [0.2, 0.25) is 0 Å². The van der Waals surface area contributed by atoms with E-state index < -0.39 is 0 Å². The molecule has 5 heteroatoms. The van der Waals surface area contributed by atoms with Crippen LogP contribution in [0, 0.1) is 6.92 Å². The van der Waals surface area contributed by atoms with E-state index in [-0.39, 0.29) is 11.8 Å². The Balaban J connectivity index is 1.81. The van der Waals surface area contributed by atoms with Gasteiger partial charge in [0.05, 0.1) is 5.69 Å². The van der Waals surface area contributed by atoms with Gasteiger partial charge in [-0.05, 0) is 49.6 Å². The molecule has 0 bridgehead atoms. The van der Waals surface area contributed by atoms with Crippen molar-refractivity contribution in [1.29, 1.82) is 0 Å². The number of hydrogen-bond acceptors (Lipinski definition) is 3. The third-order valence-electron chi connectivity index (χ3n) is 4.76. The number of benzene rings is 1. The van der Waals surface area contributed by atoms with Crippen molar-refractivity contribution in [3.05, 3.63) is 65.9 Å². The molecule has 1 aliphatic rings. The summed E-state index contributed by atoms with van der Waals surface area (Å²) in [5.74, 6) is 1.22. The lowest BCUT2D eigenvalue weighted by Gasteiger charge is -2.14. The average Bonchev–Trinajstić information content (AvgIpc) is 3.32. The molecule has 0 spiro atoms. The number of amides is 1. The van der Waals surface area contributed by atoms with Crippen LogP contribution >= 0.6 is 0 Å². The van der Waals surface area contributed by atoms with Gasteiger partial charge in [-0.3, -0.25) is 9.78 Å². The molecule has 1 fully saturated rings. The molecule has 0 saturated heterocycles. The van der Waals surface area contributed by atoms with Gasteiger partial charge in [0.1, 0.15) is 5.82 Å². The van der Waals surface area contributed by atoms with Gasteiger partial charge in [-0.2, -0.15) is 0 Å². The molecule has 1 N–H and O–H groups in total. The number of nitrogens with one attached hydrogen (secondary N) is 1. The second-order valence-electron chi connectivity index (χ2n) is 7.55. The van der Waals surface area contributed by atoms with Gasteiger partial charge in [0.2, 0.25) is 0 Å². The zero-order chi connectivity index (χ0) is 19.0. The second-order valence-corrected chi connectivity index (χ2v) is 7.55. The van der Waals surface area contributed by atoms with Crippen molar-refractivity contribution in [3.8, 4) is 16.9 Å². The van der Waals surface area contributed by atoms with Gasteiger partial charge in [-0.25, -0.2) is 4.98 Å². The molecule has 0 aliphatic heterocycles. The quantitative estimate of drug-likeness (QED) is 0.740. The highest BCUT2D eigenvalue weighted by molar-refractivity contribution is 5.96. The van der Waals surface area contributed by atoms with Crippen LogP contribution < -0.4 is 5.32 Å². The van der Waals surface area contributed by atoms with Crippen molar-refractivity contribution in [1.82, 2.24) is 19.9 Å². The number of hydrogen-bond donors (Lipinski definition) is 1. The molecule has 5 nitrogen and oxygen atoms in total. The smallest absolute Gasteiger partial charge is 0.251 e. The molecule has 0 atom stereocenters. The van der Waals surface area contributed by atoms with Gasteiger partial charge in [0, 0.05) is 47.4 Å². The molecule has 4 rings (SSSR count). The number of aromatic nitrogens is 3. The predicted octanol–water partition coefficient (Wildman–Crippen LogP) is 4.26. The van der Waals surface area contributed by atoms with Crippen LogP contribution in [-0.4, -0.2) is 26.5 Å². The highest BCUT2D eigenvalue weighted by atomic mass is 16.1. The molecular formula is C22H24N4O. The van der Waals surface area contributed by atoms with E-state index in [1.165, 1.54) is 0 Å². The Kier molecular flexibility index (Phi) is 4.52. The summed E-state index contributed by atoms with van der Waals surface area (Å²) in [7, 11) is 0. The summed E-state index contributed by atoms with van der Waals surface area (Å²) in [6.07, 6.45) is 7.73. The lowest BCUT2D eigenvalue weighted by molar-refractivity contribution is 0.0951. The van der Waals surface area contributed by atoms with Gasteiger partial charge in [-0.15, -0.1) is 0 Å². The van der Waals surface area contributed by atoms with Crippen LogP contribution in [0.5, 0.6) is 0 Å². The summed E-state index contributed by atoms with van der Waals surface area (Å²) in [5.41, 5.74) is 4.47. The van der Waals surface area contributed by atoms with Crippen LogP contribution in [-0.2, 0) is 0 Å². The first-order chi connectivity index (χ1) is 13.0. The zero-order valence-electron chi connectivity index (χ0n) is 15.9. The molecule has 0 radical (unpaired) electrons. The summed E-state index contributed by atoms with van der Waals surface area (Å²) in [6, 6.07) is 10.3. The van der Waals surface area contributed by atoms with Crippen LogP contribution in [0.25, 0.3) is 16.9 Å². The molecule has 1 amide bonds. The fourth-order valence-electron chi connectivity index (χ4n) is 3.12. The van der Waals surface area contributed by atoms with Crippen molar-refractivity contribution < 1.29 is 4.79 Å². The Hall–Kier alpha value is -2.95. The minimum absolute atomic E-state index is 0.0288. The number of pyridine rings is 1. The third-order valence-corrected chi connectivity index (χ3v) is 4.76. The third kappa shape index (κ3) is 3.77. The van der Waals surface area contributed by atoms with Crippen LogP contribution in [0.15, 0.2) is 48.9 Å². The highest BCUT2D eigenvalue weighted by Crippen LogP contribution is 2.26. The topological polar surface area (TPSA) is 59.8 Å². The molecular weight excluding hydrogens is 336 g/mol. The van der Waals surface area contributed by atoms with E-state index in [9.17, 15) is 4.79 Å². The zero-order valence-corrected chi connectivity index (χ0v) is 15.9. The maximum atomic E-state index is 12.7. The number of rotatable bonds is 5. The standard InChI is InChI=1S/C22H24N4O/c1-14(2)21-23-8-9-26(21)19-11-16(20-7-4-15(3)13-24-20)10-17(12-19)22(27)25-18-5-6-18/h4,7-14,18H,5-6H2,1-3H3,(H,25,27). The Morgan fingerprint density at radius 3 is 2.67 bits per heavy atom. The Morgan fingerprint density at radius 1 is 1.19 bits per heavy atom. The Morgan fingerprint density at radius 2 is 2.00 bits per heavy atom. The highest BCUT2D eigenvalue weighted by Gasteiger charge is 2.24. The van der Waals surface area contributed by atoms with Crippen molar-refractivity contribution in [2.45, 2.75) is 45.6 Å².